The van der Waals surface area contributed by atoms with Crippen molar-refractivity contribution in [1.82, 2.24) is 9.97 Å². The minimum atomic E-state index is -0.259. The quantitative estimate of drug-likeness (QED) is 0.712. The molecule has 0 amide bonds. The lowest BCUT2D eigenvalue weighted by molar-refractivity contribution is -0.140. The van der Waals surface area contributed by atoms with Crippen LogP contribution in [-0.2, 0) is 16.0 Å². The number of hydrogen-bond acceptors (Lipinski definition) is 6. The molecule has 1 rings (SSSR count). The van der Waals surface area contributed by atoms with Gasteiger partial charge in [-0.3, -0.25) is 4.79 Å². The van der Waals surface area contributed by atoms with Crippen molar-refractivity contribution in [3.05, 3.63) is 11.9 Å². The Morgan fingerprint density at radius 2 is 2.31 bits per heavy atom. The molecule has 0 saturated carbocycles. The third kappa shape index (κ3) is 3.72. The van der Waals surface area contributed by atoms with Gasteiger partial charge in [-0.15, -0.1) is 0 Å². The van der Waals surface area contributed by atoms with Crippen LogP contribution in [0.2, 0.25) is 0 Å². The lowest BCUT2D eigenvalue weighted by Gasteiger charge is -2.06. The third-order valence-electron chi connectivity index (χ3n) is 1.97. The van der Waals surface area contributed by atoms with E-state index in [4.69, 9.17) is 5.73 Å². The second-order valence-corrected chi connectivity index (χ2v) is 3.20. The molecule has 88 valence electrons. The van der Waals surface area contributed by atoms with Gasteiger partial charge in [0.2, 0.25) is 0 Å². The van der Waals surface area contributed by atoms with E-state index in [2.05, 4.69) is 20.0 Å². The highest BCUT2D eigenvalue weighted by Gasteiger charge is 2.02. The summed E-state index contributed by atoms with van der Waals surface area (Å²) in [5, 5.41) is 2.99. The van der Waals surface area contributed by atoms with Gasteiger partial charge in [-0.05, 0) is 0 Å². The van der Waals surface area contributed by atoms with Crippen molar-refractivity contribution in [3.63, 3.8) is 0 Å². The Bertz CT molecular complexity index is 368. The van der Waals surface area contributed by atoms with Crippen LogP contribution in [0.25, 0.3) is 0 Å². The molecule has 6 nitrogen and oxygen atoms in total. The molecule has 1 aromatic rings. The van der Waals surface area contributed by atoms with Crippen LogP contribution < -0.4 is 11.1 Å². The number of carbonyl (C=O) groups is 1. The number of hydrogen-bond donors (Lipinski definition) is 2. The van der Waals surface area contributed by atoms with E-state index in [0.29, 0.717) is 30.4 Å². The number of nitrogens with two attached hydrogens (primary N) is 1. The van der Waals surface area contributed by atoms with Gasteiger partial charge in [-0.1, -0.05) is 6.92 Å². The fourth-order valence-electron chi connectivity index (χ4n) is 1.16. The number of aromatic nitrogens is 2. The molecule has 0 radical (unpaired) electrons. The first-order valence-electron chi connectivity index (χ1n) is 5.09. The zero-order valence-electron chi connectivity index (χ0n) is 9.49. The highest BCUT2D eigenvalue weighted by Crippen LogP contribution is 2.08. The van der Waals surface area contributed by atoms with Crippen molar-refractivity contribution in [3.8, 4) is 0 Å². The fraction of sp³-hybridized carbons (Fsp3) is 0.500. The predicted octanol–water partition coefficient (Wildman–Crippen LogP) is 0.596. The van der Waals surface area contributed by atoms with Gasteiger partial charge in [-0.2, -0.15) is 0 Å². The van der Waals surface area contributed by atoms with Crippen LogP contribution in [0.4, 0.5) is 11.6 Å². The number of nitrogens with one attached hydrogen (secondary N) is 1. The molecule has 0 fully saturated rings. The van der Waals surface area contributed by atoms with E-state index in [1.165, 1.54) is 7.11 Å². The average molecular weight is 224 g/mol. The zero-order chi connectivity index (χ0) is 12.0. The molecule has 0 aliphatic carbocycles. The van der Waals surface area contributed by atoms with Crippen molar-refractivity contribution in [2.75, 3.05) is 24.7 Å². The van der Waals surface area contributed by atoms with Crippen LogP contribution >= 0.6 is 0 Å². The molecule has 0 aliphatic heterocycles. The third-order valence-corrected chi connectivity index (χ3v) is 1.97. The minimum absolute atomic E-state index is 0.259. The summed E-state index contributed by atoms with van der Waals surface area (Å²) in [6, 6.07) is 1.64. The lowest BCUT2D eigenvalue weighted by Crippen LogP contribution is -2.11. The van der Waals surface area contributed by atoms with E-state index >= 15 is 0 Å². The average Bonchev–Trinajstić information content (AvgIpc) is 2.28. The van der Waals surface area contributed by atoms with E-state index < -0.39 is 0 Å². The summed E-state index contributed by atoms with van der Waals surface area (Å²) in [6.07, 6.45) is 1.01. The number of esters is 1. The number of ether oxygens (including phenoxy) is 1. The number of carbonyl (C=O) groups excluding carboxylic acids is 1. The first kappa shape index (κ1) is 12.2. The van der Waals surface area contributed by atoms with Crippen LogP contribution in [0.3, 0.4) is 0 Å². The fourth-order valence-corrected chi connectivity index (χ4v) is 1.16. The lowest BCUT2D eigenvalue weighted by atomic mass is 10.4. The first-order valence-corrected chi connectivity index (χ1v) is 5.09. The molecule has 0 aliphatic rings. The Hall–Kier alpha value is -1.85. The first-order chi connectivity index (χ1) is 7.65. The molecule has 0 aromatic carbocycles. The SMILES string of the molecule is CCc1nc(N)cc(NCCC(=O)OC)n1. The summed E-state index contributed by atoms with van der Waals surface area (Å²) in [7, 11) is 1.36. The molecule has 0 saturated heterocycles. The molecule has 0 spiro atoms. The van der Waals surface area contributed by atoms with Crippen molar-refractivity contribution in [2.24, 2.45) is 0 Å². The van der Waals surface area contributed by atoms with Crippen LogP contribution in [0.15, 0.2) is 6.07 Å². The smallest absolute Gasteiger partial charge is 0.307 e. The number of methoxy groups -OCH3 is 1. The molecule has 0 atom stereocenters. The number of anilines is 2. The Kier molecular flexibility index (Phi) is 4.50. The number of rotatable bonds is 5. The summed E-state index contributed by atoms with van der Waals surface area (Å²) in [5.41, 5.74) is 5.61. The van der Waals surface area contributed by atoms with Crippen LogP contribution in [0.5, 0.6) is 0 Å². The van der Waals surface area contributed by atoms with Crippen LogP contribution in [-0.4, -0.2) is 29.6 Å². The Morgan fingerprint density at radius 3 is 2.94 bits per heavy atom. The maximum absolute atomic E-state index is 10.9. The molecular formula is C10H16N4O2. The molecule has 0 bridgehead atoms. The van der Waals surface area contributed by atoms with Gasteiger partial charge in [0, 0.05) is 19.0 Å². The van der Waals surface area contributed by atoms with Crippen molar-refractivity contribution in [2.45, 2.75) is 19.8 Å². The van der Waals surface area contributed by atoms with E-state index in [1.54, 1.807) is 6.07 Å². The molecule has 6 heteroatoms. The summed E-state index contributed by atoms with van der Waals surface area (Å²) >= 11 is 0. The number of nitrogen functional groups attached to an aromatic ring is 1. The Morgan fingerprint density at radius 1 is 1.56 bits per heavy atom. The Labute approximate surface area is 94.2 Å². The molecular weight excluding hydrogens is 208 g/mol. The number of nitrogens with zero attached hydrogens (tertiary/aromatic N) is 2. The summed E-state index contributed by atoms with van der Waals surface area (Å²) < 4.78 is 4.52. The largest absolute Gasteiger partial charge is 0.469 e. The van der Waals surface area contributed by atoms with Crippen molar-refractivity contribution >= 4 is 17.6 Å². The van der Waals surface area contributed by atoms with E-state index in [9.17, 15) is 4.79 Å². The highest BCUT2D eigenvalue weighted by molar-refractivity contribution is 5.69. The van der Waals surface area contributed by atoms with Crippen molar-refractivity contribution < 1.29 is 9.53 Å². The minimum Gasteiger partial charge on any atom is -0.469 e. The maximum Gasteiger partial charge on any atom is 0.307 e. The van der Waals surface area contributed by atoms with E-state index in [1.807, 2.05) is 6.92 Å². The maximum atomic E-state index is 10.9. The van der Waals surface area contributed by atoms with Gasteiger partial charge in [0.15, 0.2) is 0 Å². The number of aryl methyl sites for hydroxylation is 1. The molecule has 1 aromatic heterocycles. The summed E-state index contributed by atoms with van der Waals surface area (Å²) in [5.74, 6) is 1.48. The van der Waals surface area contributed by atoms with Gasteiger partial charge in [0.25, 0.3) is 0 Å². The monoisotopic (exact) mass is 224 g/mol. The molecule has 16 heavy (non-hydrogen) atoms. The second kappa shape index (κ2) is 5.89. The van der Waals surface area contributed by atoms with Gasteiger partial charge >= 0.3 is 5.97 Å². The van der Waals surface area contributed by atoms with Crippen molar-refractivity contribution in [1.29, 1.82) is 0 Å². The van der Waals surface area contributed by atoms with Crippen LogP contribution in [0, 0.1) is 0 Å². The second-order valence-electron chi connectivity index (χ2n) is 3.20. The zero-order valence-corrected chi connectivity index (χ0v) is 9.49. The molecule has 0 unspecified atom stereocenters. The predicted molar refractivity (Wildman–Crippen MR) is 60.9 cm³/mol. The van der Waals surface area contributed by atoms with Gasteiger partial charge in [0.05, 0.1) is 13.5 Å². The van der Waals surface area contributed by atoms with Gasteiger partial charge in [-0.25, -0.2) is 9.97 Å². The van der Waals surface area contributed by atoms with E-state index in [-0.39, 0.29) is 5.97 Å². The summed E-state index contributed by atoms with van der Waals surface area (Å²) in [4.78, 5) is 19.1. The van der Waals surface area contributed by atoms with E-state index in [0.717, 1.165) is 6.42 Å². The van der Waals surface area contributed by atoms with Crippen LogP contribution in [0.1, 0.15) is 19.2 Å². The normalized spacial score (nSPS) is 9.88. The van der Waals surface area contributed by atoms with Gasteiger partial charge < -0.3 is 15.8 Å². The standard InChI is InChI=1S/C10H16N4O2/c1-3-8-13-7(11)6-9(14-8)12-5-4-10(15)16-2/h6H,3-5H2,1-2H3,(H3,11,12,13,14). The Balaban J connectivity index is 2.53. The summed E-state index contributed by atoms with van der Waals surface area (Å²) in [6.45, 7) is 2.42. The molecule has 3 N–H and O–H groups in total. The topological polar surface area (TPSA) is 90.1 Å². The van der Waals surface area contributed by atoms with Gasteiger partial charge in [0.1, 0.15) is 17.5 Å². The molecule has 1 heterocycles. The highest BCUT2D eigenvalue weighted by atomic mass is 16.5.